The highest BCUT2D eigenvalue weighted by molar-refractivity contribution is 5.84. The molecule has 2 nitrogen and oxygen atoms in total. The minimum absolute atomic E-state index is 0.0879. The highest BCUT2D eigenvalue weighted by Gasteiger charge is 2.58. The fourth-order valence-electron chi connectivity index (χ4n) is 3.43. The third kappa shape index (κ3) is 2.10. The van der Waals surface area contributed by atoms with Crippen molar-refractivity contribution in [1.82, 2.24) is 0 Å². The van der Waals surface area contributed by atoms with Gasteiger partial charge in [0, 0.05) is 0 Å². The lowest BCUT2D eigenvalue weighted by Crippen LogP contribution is -2.18. The Labute approximate surface area is 108 Å². The summed E-state index contributed by atoms with van der Waals surface area (Å²) >= 11 is 0. The van der Waals surface area contributed by atoms with Gasteiger partial charge in [-0.05, 0) is 50.5 Å². The molecule has 1 aliphatic carbocycles. The van der Waals surface area contributed by atoms with Crippen molar-refractivity contribution in [3.63, 3.8) is 0 Å². The van der Waals surface area contributed by atoms with E-state index >= 15 is 0 Å². The summed E-state index contributed by atoms with van der Waals surface area (Å²) in [6.45, 7) is 1.65. The van der Waals surface area contributed by atoms with Crippen LogP contribution in [0.5, 0.6) is 0 Å². The van der Waals surface area contributed by atoms with Gasteiger partial charge in [0.25, 0.3) is 0 Å². The van der Waals surface area contributed by atoms with Gasteiger partial charge in [0.15, 0.2) is 5.78 Å². The lowest BCUT2D eigenvalue weighted by atomic mass is 9.90. The van der Waals surface area contributed by atoms with E-state index in [-0.39, 0.29) is 17.5 Å². The van der Waals surface area contributed by atoms with Gasteiger partial charge in [-0.3, -0.25) is 4.79 Å². The highest BCUT2D eigenvalue weighted by atomic mass is 16.6. The maximum Gasteiger partial charge on any atom is 0.161 e. The molecule has 1 aromatic rings. The number of rotatable bonds is 2. The Kier molecular flexibility index (Phi) is 2.98. The van der Waals surface area contributed by atoms with Crippen molar-refractivity contribution >= 4 is 5.78 Å². The zero-order chi connectivity index (χ0) is 12.6. The van der Waals surface area contributed by atoms with E-state index in [1.807, 2.05) is 0 Å². The molecule has 1 spiro atoms. The van der Waals surface area contributed by atoms with Gasteiger partial charge < -0.3 is 4.74 Å². The molecule has 1 saturated heterocycles. The first-order valence-electron chi connectivity index (χ1n) is 6.94. The number of carbonyl (C=O) groups excluding carboxylic acids is 1. The van der Waals surface area contributed by atoms with Crippen LogP contribution in [0.3, 0.4) is 0 Å². The van der Waals surface area contributed by atoms with Gasteiger partial charge in [-0.15, -0.1) is 0 Å². The van der Waals surface area contributed by atoms with Crippen molar-refractivity contribution in [2.45, 2.75) is 56.7 Å². The minimum atomic E-state index is -0.105. The molecule has 0 N–H and O–H groups in total. The van der Waals surface area contributed by atoms with Gasteiger partial charge in [0.05, 0.1) is 0 Å². The van der Waals surface area contributed by atoms with Crippen LogP contribution in [0.4, 0.5) is 0 Å². The lowest BCUT2D eigenvalue weighted by Gasteiger charge is -2.14. The van der Waals surface area contributed by atoms with E-state index in [9.17, 15) is 4.79 Å². The Morgan fingerprint density at radius 3 is 2.67 bits per heavy atom. The predicted octanol–water partition coefficient (Wildman–Crippen LogP) is 3.46. The standard InChI is InChI=1S/C16H20O2/c1-12(17)15-16(18-15)10-5-8-14(9-11-16)13-6-3-2-4-7-13/h2-4,6-7,14-15H,5,8-11H2,1H3/t14-,15+,16+/m1/s1. The number of ether oxygens (including phenoxy) is 1. The van der Waals surface area contributed by atoms with Crippen LogP contribution in [-0.4, -0.2) is 17.5 Å². The molecule has 0 bridgehead atoms. The molecule has 0 unspecified atom stereocenters. The van der Waals surface area contributed by atoms with Crippen molar-refractivity contribution in [2.24, 2.45) is 0 Å². The monoisotopic (exact) mass is 244 g/mol. The Bertz CT molecular complexity index is 440. The number of epoxide rings is 1. The maximum absolute atomic E-state index is 11.4. The Morgan fingerprint density at radius 1 is 1.22 bits per heavy atom. The van der Waals surface area contributed by atoms with E-state index in [4.69, 9.17) is 4.74 Å². The van der Waals surface area contributed by atoms with E-state index in [0.29, 0.717) is 5.92 Å². The van der Waals surface area contributed by atoms with Crippen molar-refractivity contribution in [1.29, 1.82) is 0 Å². The van der Waals surface area contributed by atoms with Crippen molar-refractivity contribution in [3.8, 4) is 0 Å². The van der Waals surface area contributed by atoms with Gasteiger partial charge >= 0.3 is 0 Å². The Morgan fingerprint density at radius 2 is 2.00 bits per heavy atom. The van der Waals surface area contributed by atoms with E-state index < -0.39 is 0 Å². The summed E-state index contributed by atoms with van der Waals surface area (Å²) in [5.74, 6) is 0.843. The molecular weight excluding hydrogens is 224 g/mol. The smallest absolute Gasteiger partial charge is 0.161 e. The number of hydrogen-bond acceptors (Lipinski definition) is 2. The molecule has 2 aliphatic rings. The van der Waals surface area contributed by atoms with E-state index in [1.54, 1.807) is 6.92 Å². The molecule has 18 heavy (non-hydrogen) atoms. The normalized spacial score (nSPS) is 35.2. The van der Waals surface area contributed by atoms with E-state index in [1.165, 1.54) is 18.4 Å². The van der Waals surface area contributed by atoms with Gasteiger partial charge in [-0.25, -0.2) is 0 Å². The third-order valence-electron chi connectivity index (χ3n) is 4.48. The summed E-state index contributed by atoms with van der Waals surface area (Å²) in [5.41, 5.74) is 1.35. The Balaban J connectivity index is 1.68. The molecule has 3 rings (SSSR count). The minimum Gasteiger partial charge on any atom is -0.358 e. The van der Waals surface area contributed by atoms with Crippen LogP contribution in [0.1, 0.15) is 50.5 Å². The molecule has 1 aromatic carbocycles. The van der Waals surface area contributed by atoms with Gasteiger partial charge in [-0.1, -0.05) is 30.3 Å². The van der Waals surface area contributed by atoms with Gasteiger partial charge in [0.1, 0.15) is 11.7 Å². The molecule has 0 amide bonds. The summed E-state index contributed by atoms with van der Waals surface area (Å²) in [4.78, 5) is 11.4. The number of benzene rings is 1. The first-order chi connectivity index (χ1) is 8.71. The summed E-state index contributed by atoms with van der Waals surface area (Å²) in [5, 5.41) is 0. The van der Waals surface area contributed by atoms with Crippen LogP contribution in [-0.2, 0) is 9.53 Å². The first-order valence-corrected chi connectivity index (χ1v) is 6.94. The first kappa shape index (κ1) is 11.9. The van der Waals surface area contributed by atoms with Crippen molar-refractivity contribution in [2.75, 3.05) is 0 Å². The largest absolute Gasteiger partial charge is 0.358 e. The van der Waals surface area contributed by atoms with Crippen LogP contribution in [0.15, 0.2) is 30.3 Å². The fourth-order valence-corrected chi connectivity index (χ4v) is 3.43. The second kappa shape index (κ2) is 4.51. The quantitative estimate of drug-likeness (QED) is 0.746. The number of Topliss-reactive ketones (excluding diaryl/α,β-unsaturated/α-hetero) is 1. The summed E-state index contributed by atoms with van der Waals surface area (Å²) in [7, 11) is 0. The maximum atomic E-state index is 11.4. The molecule has 2 fully saturated rings. The molecule has 96 valence electrons. The summed E-state index contributed by atoms with van der Waals surface area (Å²) in [6, 6.07) is 10.7. The summed E-state index contributed by atoms with van der Waals surface area (Å²) in [6.07, 6.45) is 5.53. The van der Waals surface area contributed by atoms with Gasteiger partial charge in [-0.2, -0.15) is 0 Å². The molecule has 2 heteroatoms. The molecule has 0 aromatic heterocycles. The molecule has 1 heterocycles. The Hall–Kier alpha value is -1.15. The van der Waals surface area contributed by atoms with Crippen LogP contribution in [0, 0.1) is 0 Å². The number of hydrogen-bond donors (Lipinski definition) is 0. The zero-order valence-corrected chi connectivity index (χ0v) is 10.9. The zero-order valence-electron chi connectivity index (χ0n) is 10.9. The van der Waals surface area contributed by atoms with Crippen LogP contribution >= 0.6 is 0 Å². The fraction of sp³-hybridized carbons (Fsp3) is 0.562. The van der Waals surface area contributed by atoms with Crippen molar-refractivity contribution < 1.29 is 9.53 Å². The average molecular weight is 244 g/mol. The van der Waals surface area contributed by atoms with E-state index in [2.05, 4.69) is 30.3 Å². The molecule has 3 atom stereocenters. The highest BCUT2D eigenvalue weighted by Crippen LogP contribution is 2.49. The van der Waals surface area contributed by atoms with Crippen molar-refractivity contribution in [3.05, 3.63) is 35.9 Å². The third-order valence-corrected chi connectivity index (χ3v) is 4.48. The second-order valence-electron chi connectivity index (χ2n) is 5.71. The molecular formula is C16H20O2. The topological polar surface area (TPSA) is 29.6 Å². The van der Waals surface area contributed by atoms with Crippen LogP contribution in [0.2, 0.25) is 0 Å². The lowest BCUT2D eigenvalue weighted by molar-refractivity contribution is -0.118. The van der Waals surface area contributed by atoms with E-state index in [0.717, 1.165) is 19.3 Å². The van der Waals surface area contributed by atoms with Gasteiger partial charge in [0.2, 0.25) is 0 Å². The SMILES string of the molecule is CC(=O)[C@@H]1O[C@]12CCC[C@@H](c1ccccc1)CC2. The second-order valence-corrected chi connectivity index (χ2v) is 5.71. The van der Waals surface area contributed by atoms with Crippen LogP contribution in [0.25, 0.3) is 0 Å². The number of carbonyl (C=O) groups is 1. The molecule has 1 saturated carbocycles. The average Bonchev–Trinajstić information content (AvgIpc) is 3.14. The summed E-state index contributed by atoms with van der Waals surface area (Å²) < 4.78 is 5.72. The van der Waals surface area contributed by atoms with Crippen LogP contribution < -0.4 is 0 Å². The predicted molar refractivity (Wildman–Crippen MR) is 70.6 cm³/mol. The molecule has 0 radical (unpaired) electrons. The molecule has 1 aliphatic heterocycles. The number of ketones is 1.